The Kier molecular flexibility index (Phi) is 5.96. The number of piperidine rings is 1. The Morgan fingerprint density at radius 1 is 1.07 bits per heavy atom. The fourth-order valence-electron chi connectivity index (χ4n) is 4.26. The average molecular weight is 400 g/mol. The maximum Gasteiger partial charge on any atom is 0.167 e. The van der Waals surface area contributed by atoms with Crippen molar-refractivity contribution in [3.8, 4) is 11.1 Å². The van der Waals surface area contributed by atoms with Gasteiger partial charge in [-0.05, 0) is 78.2 Å². The summed E-state index contributed by atoms with van der Waals surface area (Å²) in [6.45, 7) is 4.55. The highest BCUT2D eigenvalue weighted by molar-refractivity contribution is 5.98. The van der Waals surface area contributed by atoms with Crippen LogP contribution in [0.1, 0.15) is 41.3 Å². The lowest BCUT2D eigenvalue weighted by molar-refractivity contribution is 0.0993. The number of pyridine rings is 1. The number of benzene rings is 2. The normalized spacial score (nSPS) is 15.6. The maximum absolute atomic E-state index is 12.9. The Labute approximate surface area is 178 Å². The van der Waals surface area contributed by atoms with Crippen molar-refractivity contribution in [2.45, 2.75) is 32.6 Å². The molecule has 0 atom stereocenters. The minimum absolute atomic E-state index is 0.0877. The smallest absolute Gasteiger partial charge is 0.167 e. The first kappa shape index (κ1) is 20.3. The predicted molar refractivity (Wildman–Crippen MR) is 122 cm³/mol. The van der Waals surface area contributed by atoms with Gasteiger partial charge in [-0.1, -0.05) is 43.3 Å². The molecular weight excluding hydrogens is 370 g/mol. The molecule has 4 rings (SSSR count). The van der Waals surface area contributed by atoms with Crippen LogP contribution in [0.15, 0.2) is 67.0 Å². The molecule has 2 heterocycles. The van der Waals surface area contributed by atoms with Crippen molar-refractivity contribution >= 4 is 11.5 Å². The van der Waals surface area contributed by atoms with Crippen LogP contribution in [0.2, 0.25) is 0 Å². The van der Waals surface area contributed by atoms with Crippen LogP contribution in [0.4, 0.5) is 5.69 Å². The number of carbonyl (C=O) groups excluding carboxylic acids is 1. The van der Waals surface area contributed by atoms with Crippen LogP contribution in [0.3, 0.4) is 0 Å². The van der Waals surface area contributed by atoms with Gasteiger partial charge in [-0.25, -0.2) is 0 Å². The van der Waals surface area contributed by atoms with Crippen LogP contribution >= 0.6 is 0 Å². The molecule has 2 aromatic carbocycles. The molecule has 4 heteroatoms. The summed E-state index contributed by atoms with van der Waals surface area (Å²) in [7, 11) is 0. The first-order chi connectivity index (χ1) is 14.5. The second-order valence-electron chi connectivity index (χ2n) is 8.69. The Morgan fingerprint density at radius 2 is 1.83 bits per heavy atom. The minimum Gasteiger partial charge on any atom is -0.398 e. The monoisotopic (exact) mass is 399 g/mol. The zero-order valence-corrected chi connectivity index (χ0v) is 17.5. The SMILES string of the molecule is CC1(Cc2ccc(C(=O)Cc3cc(-c4cccnc4)ccc3N)cc2)CCNCC1. The number of Topliss-reactive ketones (excluding diaryl/α,β-unsaturated/α-hetero) is 1. The van der Waals surface area contributed by atoms with E-state index >= 15 is 0 Å². The van der Waals surface area contributed by atoms with Crippen molar-refractivity contribution in [1.29, 1.82) is 0 Å². The fraction of sp³-hybridized carbons (Fsp3) is 0.308. The van der Waals surface area contributed by atoms with Gasteiger partial charge in [0.25, 0.3) is 0 Å². The minimum atomic E-state index is 0.0877. The molecule has 1 fully saturated rings. The Morgan fingerprint density at radius 3 is 2.53 bits per heavy atom. The molecule has 0 saturated carbocycles. The third-order valence-electron chi connectivity index (χ3n) is 6.21. The number of hydrogen-bond donors (Lipinski definition) is 2. The van der Waals surface area contributed by atoms with E-state index in [1.165, 1.54) is 18.4 Å². The first-order valence-corrected chi connectivity index (χ1v) is 10.6. The summed E-state index contributed by atoms with van der Waals surface area (Å²) in [5, 5.41) is 3.43. The van der Waals surface area contributed by atoms with Gasteiger partial charge in [0.15, 0.2) is 5.78 Å². The zero-order chi connectivity index (χ0) is 21.0. The van der Waals surface area contributed by atoms with Gasteiger partial charge in [-0.2, -0.15) is 0 Å². The summed E-state index contributed by atoms with van der Waals surface area (Å²) in [5.74, 6) is 0.0877. The van der Waals surface area contributed by atoms with Gasteiger partial charge in [0.1, 0.15) is 0 Å². The van der Waals surface area contributed by atoms with E-state index in [-0.39, 0.29) is 5.78 Å². The molecule has 1 aliphatic rings. The molecular formula is C26H29N3O. The van der Waals surface area contributed by atoms with Crippen molar-refractivity contribution < 1.29 is 4.79 Å². The number of carbonyl (C=O) groups is 1. The van der Waals surface area contributed by atoms with E-state index in [1.54, 1.807) is 6.20 Å². The highest BCUT2D eigenvalue weighted by Crippen LogP contribution is 2.32. The molecule has 1 saturated heterocycles. The molecule has 0 spiro atoms. The van der Waals surface area contributed by atoms with Crippen molar-refractivity contribution in [3.63, 3.8) is 0 Å². The zero-order valence-electron chi connectivity index (χ0n) is 17.5. The van der Waals surface area contributed by atoms with Crippen LogP contribution in [0.5, 0.6) is 0 Å². The highest BCUT2D eigenvalue weighted by atomic mass is 16.1. The van der Waals surface area contributed by atoms with Crippen LogP contribution in [0, 0.1) is 5.41 Å². The summed E-state index contributed by atoms with van der Waals surface area (Å²) >= 11 is 0. The van der Waals surface area contributed by atoms with Crippen molar-refractivity contribution in [2.75, 3.05) is 18.8 Å². The molecule has 0 unspecified atom stereocenters. The number of nitrogens with one attached hydrogen (secondary N) is 1. The number of aromatic nitrogens is 1. The lowest BCUT2D eigenvalue weighted by Gasteiger charge is -2.34. The van der Waals surface area contributed by atoms with E-state index in [1.807, 2.05) is 48.7 Å². The van der Waals surface area contributed by atoms with Gasteiger partial charge in [-0.15, -0.1) is 0 Å². The van der Waals surface area contributed by atoms with E-state index in [2.05, 4.69) is 29.4 Å². The molecule has 0 aliphatic carbocycles. The number of rotatable bonds is 6. The number of nitrogens with zero attached hydrogens (tertiary/aromatic N) is 1. The van der Waals surface area contributed by atoms with E-state index < -0.39 is 0 Å². The maximum atomic E-state index is 12.9. The van der Waals surface area contributed by atoms with Crippen LogP contribution in [-0.4, -0.2) is 23.9 Å². The molecule has 1 aliphatic heterocycles. The molecule has 0 radical (unpaired) electrons. The first-order valence-electron chi connectivity index (χ1n) is 10.6. The molecule has 0 amide bonds. The lowest BCUT2D eigenvalue weighted by Crippen LogP contribution is -2.36. The van der Waals surface area contributed by atoms with Crippen molar-refractivity contribution in [3.05, 3.63) is 83.7 Å². The van der Waals surface area contributed by atoms with E-state index in [0.29, 0.717) is 17.5 Å². The summed E-state index contributed by atoms with van der Waals surface area (Å²) in [4.78, 5) is 17.1. The third kappa shape index (κ3) is 4.77. The summed E-state index contributed by atoms with van der Waals surface area (Å²) < 4.78 is 0. The molecule has 154 valence electrons. The molecule has 0 bridgehead atoms. The molecule has 3 N–H and O–H groups in total. The Hall–Kier alpha value is -2.98. The number of hydrogen-bond acceptors (Lipinski definition) is 4. The van der Waals surface area contributed by atoms with Gasteiger partial charge >= 0.3 is 0 Å². The number of nitrogen functional groups attached to an aromatic ring is 1. The van der Waals surface area contributed by atoms with Crippen molar-refractivity contribution in [2.24, 2.45) is 5.41 Å². The van der Waals surface area contributed by atoms with Crippen LogP contribution < -0.4 is 11.1 Å². The fourth-order valence-corrected chi connectivity index (χ4v) is 4.26. The number of ketones is 1. The van der Waals surface area contributed by atoms with Crippen LogP contribution in [-0.2, 0) is 12.8 Å². The molecule has 4 nitrogen and oxygen atoms in total. The van der Waals surface area contributed by atoms with Gasteiger partial charge in [0.05, 0.1) is 0 Å². The van der Waals surface area contributed by atoms with Gasteiger partial charge in [-0.3, -0.25) is 9.78 Å². The topological polar surface area (TPSA) is 68.0 Å². The molecule has 3 aromatic rings. The van der Waals surface area contributed by atoms with E-state index in [4.69, 9.17) is 5.73 Å². The van der Waals surface area contributed by atoms with Crippen molar-refractivity contribution in [1.82, 2.24) is 10.3 Å². The predicted octanol–water partition coefficient (Wildman–Crippen LogP) is 4.69. The average Bonchev–Trinajstić information content (AvgIpc) is 2.76. The third-order valence-corrected chi connectivity index (χ3v) is 6.21. The Bertz CT molecular complexity index is 1010. The van der Waals surface area contributed by atoms with Gasteiger partial charge < -0.3 is 11.1 Å². The van der Waals surface area contributed by atoms with E-state index in [9.17, 15) is 4.79 Å². The quantitative estimate of drug-likeness (QED) is 0.466. The largest absolute Gasteiger partial charge is 0.398 e. The summed E-state index contributed by atoms with van der Waals surface area (Å²) in [6, 6.07) is 17.9. The second kappa shape index (κ2) is 8.80. The van der Waals surface area contributed by atoms with E-state index in [0.717, 1.165) is 41.8 Å². The summed E-state index contributed by atoms with van der Waals surface area (Å²) in [6.07, 6.45) is 7.31. The van der Waals surface area contributed by atoms with Gasteiger partial charge in [0, 0.05) is 30.1 Å². The number of anilines is 1. The standard InChI is InChI=1S/C26H29N3O/c1-26(10-13-28-14-11-26)17-19-4-6-20(7-5-19)25(30)16-23-15-21(8-9-24(23)27)22-3-2-12-29-18-22/h2-9,12,15,18,28H,10-11,13-14,16-17,27H2,1H3. The number of nitrogens with two attached hydrogens (primary N) is 1. The van der Waals surface area contributed by atoms with Crippen LogP contribution in [0.25, 0.3) is 11.1 Å². The lowest BCUT2D eigenvalue weighted by atomic mass is 9.76. The second-order valence-corrected chi connectivity index (χ2v) is 8.69. The van der Waals surface area contributed by atoms with Gasteiger partial charge in [0.2, 0.25) is 0 Å². The summed E-state index contributed by atoms with van der Waals surface area (Å²) in [5.41, 5.74) is 12.1. The molecule has 1 aromatic heterocycles. The molecule has 30 heavy (non-hydrogen) atoms. The highest BCUT2D eigenvalue weighted by Gasteiger charge is 2.26. The Balaban J connectivity index is 1.46.